The molecule has 0 saturated carbocycles. The number of amides is 1. The summed E-state index contributed by atoms with van der Waals surface area (Å²) in [7, 11) is 1.23. The molecule has 1 amide bonds. The summed E-state index contributed by atoms with van der Waals surface area (Å²) >= 11 is 0. The van der Waals surface area contributed by atoms with Crippen molar-refractivity contribution in [2.24, 2.45) is 0 Å². The van der Waals surface area contributed by atoms with Crippen molar-refractivity contribution in [2.75, 3.05) is 40.9 Å². The van der Waals surface area contributed by atoms with Gasteiger partial charge in [-0.2, -0.15) is 0 Å². The van der Waals surface area contributed by atoms with E-state index in [-0.39, 0.29) is 12.5 Å². The second-order valence-electron chi connectivity index (χ2n) is 16.7. The van der Waals surface area contributed by atoms with E-state index in [1.807, 2.05) is 27.2 Å². The van der Waals surface area contributed by atoms with Gasteiger partial charge in [-0.3, -0.25) is 9.36 Å². The third-order valence-corrected chi connectivity index (χ3v) is 11.0. The van der Waals surface area contributed by atoms with Crippen LogP contribution in [-0.4, -0.2) is 68.5 Å². The number of nitrogens with zero attached hydrogens (tertiary/aromatic N) is 1. The van der Waals surface area contributed by atoms with Gasteiger partial charge in [-0.1, -0.05) is 185 Å². The van der Waals surface area contributed by atoms with Gasteiger partial charge in [0.1, 0.15) is 13.2 Å². The van der Waals surface area contributed by atoms with Gasteiger partial charge < -0.3 is 28.8 Å². The Balaban J connectivity index is 4.23. The second-order valence-corrected chi connectivity index (χ2v) is 18.2. The van der Waals surface area contributed by atoms with E-state index in [0.29, 0.717) is 17.4 Å². The van der Waals surface area contributed by atoms with Gasteiger partial charge in [0.15, 0.2) is 0 Å². The molecule has 8 nitrogen and oxygen atoms in total. The minimum atomic E-state index is -4.59. The number of phosphoric ester groups is 1. The summed E-state index contributed by atoms with van der Waals surface area (Å²) in [6, 6.07) is -0.904. The minimum Gasteiger partial charge on any atom is -0.756 e. The fourth-order valence-corrected chi connectivity index (χ4v) is 7.14. The number of allylic oxidation sites excluding steroid dienone is 5. The van der Waals surface area contributed by atoms with Crippen LogP contribution >= 0.6 is 7.82 Å². The number of quaternary nitrogens is 1. The molecule has 0 rings (SSSR count). The molecule has 9 heteroatoms. The topological polar surface area (TPSA) is 108 Å². The SMILES string of the molecule is CCCCCCCCCCCCCCCCCC/C=C/CC/C=C/CC/C=C/C(O)C(COP(=O)([O-])OCC[N+](C)(C)C)NC(=O)CCCCCCCCC. The van der Waals surface area contributed by atoms with Crippen LogP contribution in [0.4, 0.5) is 0 Å². The molecule has 0 radical (unpaired) electrons. The molecule has 0 aromatic carbocycles. The van der Waals surface area contributed by atoms with Crippen LogP contribution in [0.2, 0.25) is 0 Å². The Morgan fingerprint density at radius 3 is 1.47 bits per heavy atom. The van der Waals surface area contributed by atoms with E-state index in [0.717, 1.165) is 44.9 Å². The fraction of sp³-hybridized carbons (Fsp3) is 0.848. The fourth-order valence-electron chi connectivity index (χ4n) is 6.42. The van der Waals surface area contributed by atoms with E-state index in [9.17, 15) is 19.4 Å². The first-order chi connectivity index (χ1) is 26.5. The van der Waals surface area contributed by atoms with Gasteiger partial charge in [-0.15, -0.1) is 0 Å². The number of nitrogens with one attached hydrogen (secondary N) is 1. The van der Waals surface area contributed by atoms with Gasteiger partial charge >= 0.3 is 0 Å². The van der Waals surface area contributed by atoms with Crippen LogP contribution in [0, 0.1) is 0 Å². The number of unbranched alkanes of at least 4 members (excludes halogenated alkanes) is 24. The van der Waals surface area contributed by atoms with Gasteiger partial charge in [-0.25, -0.2) is 0 Å². The van der Waals surface area contributed by atoms with Crippen molar-refractivity contribution in [2.45, 2.75) is 212 Å². The van der Waals surface area contributed by atoms with E-state index < -0.39 is 26.6 Å². The lowest BCUT2D eigenvalue weighted by molar-refractivity contribution is -0.870. The van der Waals surface area contributed by atoms with Crippen LogP contribution in [0.5, 0.6) is 0 Å². The largest absolute Gasteiger partial charge is 0.756 e. The summed E-state index contributed by atoms with van der Waals surface area (Å²) in [5.74, 6) is -0.219. The Hall–Kier alpha value is -1.28. The van der Waals surface area contributed by atoms with Crippen LogP contribution in [0.3, 0.4) is 0 Å². The van der Waals surface area contributed by atoms with Gasteiger partial charge in [0, 0.05) is 6.42 Å². The quantitative estimate of drug-likeness (QED) is 0.0276. The van der Waals surface area contributed by atoms with Crippen molar-refractivity contribution in [1.82, 2.24) is 5.32 Å². The molecule has 0 fully saturated rings. The van der Waals surface area contributed by atoms with Gasteiger partial charge in [0.25, 0.3) is 7.82 Å². The molecular formula is C46H89N2O6P. The molecule has 0 saturated heterocycles. The molecule has 0 aliphatic carbocycles. The van der Waals surface area contributed by atoms with Crippen molar-refractivity contribution >= 4 is 13.7 Å². The molecule has 324 valence electrons. The monoisotopic (exact) mass is 797 g/mol. The number of rotatable bonds is 41. The highest BCUT2D eigenvalue weighted by molar-refractivity contribution is 7.45. The zero-order valence-electron chi connectivity index (χ0n) is 36.6. The maximum Gasteiger partial charge on any atom is 0.268 e. The number of carbonyl (C=O) groups excluding carboxylic acids is 1. The van der Waals surface area contributed by atoms with Gasteiger partial charge in [0.2, 0.25) is 5.91 Å². The Labute approximate surface area is 340 Å². The maximum absolute atomic E-state index is 12.7. The maximum atomic E-state index is 12.7. The third-order valence-electron chi connectivity index (χ3n) is 10.1. The standard InChI is InChI=1S/C46H89N2O6P/c1-6-8-10-12-14-15-16-17-18-19-20-21-22-23-24-25-26-27-28-29-30-31-32-34-35-37-39-45(49)44(43-54-55(51,52)53-42-41-48(3,4)5)47-46(50)40-38-36-33-13-11-9-7-2/h27-28,31-32,37,39,44-45,49H,6-26,29-30,33-36,38,40-43H2,1-5H3,(H-,47,50,51,52)/b28-27+,32-31+,39-37+. The lowest BCUT2D eigenvalue weighted by atomic mass is 10.0. The molecule has 3 unspecified atom stereocenters. The van der Waals surface area contributed by atoms with Crippen LogP contribution in [0.15, 0.2) is 36.5 Å². The Bertz CT molecular complexity index is 995. The van der Waals surface area contributed by atoms with Crippen LogP contribution in [0.1, 0.15) is 200 Å². The molecule has 0 spiro atoms. The average Bonchev–Trinajstić information content (AvgIpc) is 3.13. The smallest absolute Gasteiger partial charge is 0.268 e. The molecule has 55 heavy (non-hydrogen) atoms. The molecular weight excluding hydrogens is 707 g/mol. The zero-order valence-corrected chi connectivity index (χ0v) is 37.5. The molecule has 0 aliphatic rings. The van der Waals surface area contributed by atoms with E-state index in [1.165, 1.54) is 135 Å². The minimum absolute atomic E-state index is 0.00852. The normalized spacial score (nSPS) is 14.7. The number of aliphatic hydroxyl groups is 1. The number of likely N-dealkylation sites (N-methyl/N-ethyl adjacent to an activating group) is 1. The summed E-state index contributed by atoms with van der Waals surface area (Å²) in [5.41, 5.74) is 0. The molecule has 3 atom stereocenters. The molecule has 0 aliphatic heterocycles. The Morgan fingerprint density at radius 1 is 0.618 bits per heavy atom. The third kappa shape index (κ3) is 40.7. The summed E-state index contributed by atoms with van der Waals surface area (Å²) < 4.78 is 23.1. The first-order valence-corrected chi connectivity index (χ1v) is 24.3. The Kier molecular flexibility index (Phi) is 37.4. The van der Waals surface area contributed by atoms with E-state index in [4.69, 9.17) is 9.05 Å². The van der Waals surface area contributed by atoms with Crippen molar-refractivity contribution in [3.05, 3.63) is 36.5 Å². The lowest BCUT2D eigenvalue weighted by Crippen LogP contribution is -2.45. The van der Waals surface area contributed by atoms with E-state index >= 15 is 0 Å². The summed E-state index contributed by atoms with van der Waals surface area (Å²) in [6.07, 6.45) is 46.7. The average molecular weight is 797 g/mol. The number of hydrogen-bond donors (Lipinski definition) is 2. The summed E-state index contributed by atoms with van der Waals surface area (Å²) in [4.78, 5) is 25.1. The van der Waals surface area contributed by atoms with Crippen LogP contribution < -0.4 is 10.2 Å². The van der Waals surface area contributed by atoms with E-state index in [1.54, 1.807) is 6.08 Å². The summed E-state index contributed by atoms with van der Waals surface area (Å²) in [6.45, 7) is 4.56. The highest BCUT2D eigenvalue weighted by Gasteiger charge is 2.23. The predicted octanol–water partition coefficient (Wildman–Crippen LogP) is 12.1. The highest BCUT2D eigenvalue weighted by atomic mass is 31.2. The number of aliphatic hydroxyl groups excluding tert-OH is 1. The van der Waals surface area contributed by atoms with Crippen LogP contribution in [0.25, 0.3) is 0 Å². The molecule has 0 aromatic rings. The van der Waals surface area contributed by atoms with Gasteiger partial charge in [-0.05, 0) is 44.9 Å². The first-order valence-electron chi connectivity index (χ1n) is 22.9. The molecule has 2 N–H and O–H groups in total. The van der Waals surface area contributed by atoms with Crippen LogP contribution in [-0.2, 0) is 18.4 Å². The van der Waals surface area contributed by atoms with Gasteiger partial charge in [0.05, 0.1) is 39.9 Å². The summed E-state index contributed by atoms with van der Waals surface area (Å²) in [5, 5.41) is 13.7. The van der Waals surface area contributed by atoms with Crippen molar-refractivity contribution in [3.8, 4) is 0 Å². The first kappa shape index (κ1) is 53.7. The van der Waals surface area contributed by atoms with E-state index in [2.05, 4.69) is 43.5 Å². The molecule has 0 aromatic heterocycles. The second kappa shape index (κ2) is 38.2. The Morgan fingerprint density at radius 2 is 1.02 bits per heavy atom. The van der Waals surface area contributed by atoms with Crippen molar-refractivity contribution in [3.63, 3.8) is 0 Å². The van der Waals surface area contributed by atoms with Crippen molar-refractivity contribution < 1.29 is 32.9 Å². The number of phosphoric acid groups is 1. The highest BCUT2D eigenvalue weighted by Crippen LogP contribution is 2.38. The molecule has 0 heterocycles. The number of carbonyl (C=O) groups is 1. The van der Waals surface area contributed by atoms with Crippen molar-refractivity contribution in [1.29, 1.82) is 0 Å². The predicted molar refractivity (Wildman–Crippen MR) is 233 cm³/mol. The molecule has 0 bridgehead atoms. The lowest BCUT2D eigenvalue weighted by Gasteiger charge is -2.29. The zero-order chi connectivity index (χ0) is 40.7. The number of hydrogen-bond acceptors (Lipinski definition) is 6.